The highest BCUT2D eigenvalue weighted by molar-refractivity contribution is 5.72. The van der Waals surface area contributed by atoms with E-state index in [1.165, 1.54) is 12.8 Å². The van der Waals surface area contributed by atoms with Gasteiger partial charge in [-0.25, -0.2) is 4.79 Å². The highest BCUT2D eigenvalue weighted by Crippen LogP contribution is 2.20. The topological polar surface area (TPSA) is 60.3 Å². The van der Waals surface area contributed by atoms with E-state index in [1.807, 2.05) is 30.3 Å². The number of aromatic nitrogens is 1. The third-order valence-corrected chi connectivity index (χ3v) is 3.75. The first-order valence-corrected chi connectivity index (χ1v) is 7.19. The van der Waals surface area contributed by atoms with Gasteiger partial charge in [-0.05, 0) is 37.1 Å². The molecule has 1 aliphatic carbocycles. The molecule has 1 saturated carbocycles. The number of nitrogens with one attached hydrogen (secondary N) is 1. The van der Waals surface area contributed by atoms with Gasteiger partial charge in [0.1, 0.15) is 11.5 Å². The molecular formula is C16H16N2O3. The molecule has 3 aromatic rings. The van der Waals surface area contributed by atoms with E-state index in [4.69, 9.17) is 8.83 Å². The Labute approximate surface area is 121 Å². The number of furan rings is 1. The first-order chi connectivity index (χ1) is 10.3. The molecule has 2 aromatic heterocycles. The molecule has 4 rings (SSSR count). The molecule has 21 heavy (non-hydrogen) atoms. The van der Waals surface area contributed by atoms with E-state index in [0.29, 0.717) is 18.2 Å². The molecule has 0 saturated heterocycles. The Morgan fingerprint density at radius 2 is 1.90 bits per heavy atom. The van der Waals surface area contributed by atoms with Gasteiger partial charge in [0.05, 0.1) is 18.6 Å². The third kappa shape index (κ3) is 2.52. The van der Waals surface area contributed by atoms with Crippen LogP contribution in [0.3, 0.4) is 0 Å². The maximum Gasteiger partial charge on any atom is 0.420 e. The zero-order chi connectivity index (χ0) is 14.2. The maximum absolute atomic E-state index is 11.9. The zero-order valence-electron chi connectivity index (χ0n) is 11.5. The number of oxazole rings is 1. The molecule has 108 valence electrons. The summed E-state index contributed by atoms with van der Waals surface area (Å²) in [6, 6.07) is 11.9. The van der Waals surface area contributed by atoms with Crippen LogP contribution in [0.5, 0.6) is 0 Å². The summed E-state index contributed by atoms with van der Waals surface area (Å²) < 4.78 is 12.6. The highest BCUT2D eigenvalue weighted by atomic mass is 16.4. The molecule has 1 fully saturated rings. The van der Waals surface area contributed by atoms with Gasteiger partial charge >= 0.3 is 5.76 Å². The van der Waals surface area contributed by atoms with Crippen molar-refractivity contribution in [2.45, 2.75) is 32.0 Å². The van der Waals surface area contributed by atoms with Crippen molar-refractivity contribution in [3.8, 4) is 0 Å². The smallest absolute Gasteiger partial charge is 0.420 e. The van der Waals surface area contributed by atoms with Crippen molar-refractivity contribution >= 4 is 11.1 Å². The van der Waals surface area contributed by atoms with Crippen molar-refractivity contribution < 1.29 is 8.83 Å². The average molecular weight is 284 g/mol. The van der Waals surface area contributed by atoms with Crippen LogP contribution < -0.4 is 11.1 Å². The van der Waals surface area contributed by atoms with Crippen molar-refractivity contribution in [3.05, 3.63) is 58.5 Å². The van der Waals surface area contributed by atoms with Gasteiger partial charge in [0, 0.05) is 6.04 Å². The van der Waals surface area contributed by atoms with E-state index in [-0.39, 0.29) is 5.76 Å². The molecule has 0 atom stereocenters. The fourth-order valence-electron chi connectivity index (χ4n) is 2.45. The van der Waals surface area contributed by atoms with Gasteiger partial charge in [0.15, 0.2) is 5.58 Å². The van der Waals surface area contributed by atoms with E-state index in [2.05, 4.69) is 5.32 Å². The lowest BCUT2D eigenvalue weighted by Crippen LogP contribution is -2.15. The minimum atomic E-state index is -0.356. The molecule has 0 bridgehead atoms. The standard InChI is InChI=1S/C16H16N2O3/c19-16-18(14-3-1-2-4-15(14)21-16)10-13-8-7-12(20-13)9-17-11-5-6-11/h1-4,7-8,11,17H,5-6,9-10H2. The van der Waals surface area contributed by atoms with Gasteiger partial charge in [-0.2, -0.15) is 0 Å². The summed E-state index contributed by atoms with van der Waals surface area (Å²) in [5.74, 6) is 1.30. The summed E-state index contributed by atoms with van der Waals surface area (Å²) >= 11 is 0. The summed E-state index contributed by atoms with van der Waals surface area (Å²) in [6.45, 7) is 1.13. The van der Waals surface area contributed by atoms with Crippen LogP contribution in [-0.2, 0) is 13.1 Å². The zero-order valence-corrected chi connectivity index (χ0v) is 11.5. The van der Waals surface area contributed by atoms with Gasteiger partial charge < -0.3 is 14.2 Å². The Balaban J connectivity index is 1.56. The lowest BCUT2D eigenvalue weighted by molar-refractivity contribution is 0.427. The number of hydrogen-bond acceptors (Lipinski definition) is 4. The van der Waals surface area contributed by atoms with E-state index >= 15 is 0 Å². The Hall–Kier alpha value is -2.27. The predicted molar refractivity (Wildman–Crippen MR) is 78.1 cm³/mol. The monoisotopic (exact) mass is 284 g/mol. The number of nitrogens with zero attached hydrogens (tertiary/aromatic N) is 1. The van der Waals surface area contributed by atoms with E-state index in [0.717, 1.165) is 23.6 Å². The summed E-state index contributed by atoms with van der Waals surface area (Å²) in [4.78, 5) is 11.9. The molecule has 5 heteroatoms. The number of fused-ring (bicyclic) bond motifs is 1. The maximum atomic E-state index is 11.9. The quantitative estimate of drug-likeness (QED) is 0.782. The molecule has 0 spiro atoms. The molecule has 0 aliphatic heterocycles. The second-order valence-corrected chi connectivity index (χ2v) is 5.45. The van der Waals surface area contributed by atoms with Gasteiger partial charge in [0.25, 0.3) is 0 Å². The van der Waals surface area contributed by atoms with Crippen LogP contribution in [0.2, 0.25) is 0 Å². The molecule has 0 radical (unpaired) electrons. The second-order valence-electron chi connectivity index (χ2n) is 5.45. The van der Waals surface area contributed by atoms with Crippen molar-refractivity contribution in [1.82, 2.24) is 9.88 Å². The fourth-order valence-corrected chi connectivity index (χ4v) is 2.45. The molecular weight excluding hydrogens is 268 g/mol. The molecule has 1 N–H and O–H groups in total. The number of benzene rings is 1. The minimum absolute atomic E-state index is 0.356. The summed E-state index contributed by atoms with van der Waals surface area (Å²) in [5, 5.41) is 3.41. The van der Waals surface area contributed by atoms with Crippen molar-refractivity contribution in [2.24, 2.45) is 0 Å². The Bertz CT molecular complexity index is 823. The number of rotatable bonds is 5. The van der Waals surface area contributed by atoms with Crippen LogP contribution in [0, 0.1) is 0 Å². The summed E-state index contributed by atoms with van der Waals surface area (Å²) in [7, 11) is 0. The van der Waals surface area contributed by atoms with Crippen LogP contribution in [-0.4, -0.2) is 10.6 Å². The van der Waals surface area contributed by atoms with Gasteiger partial charge in [-0.3, -0.25) is 4.57 Å². The van der Waals surface area contributed by atoms with Crippen molar-refractivity contribution in [2.75, 3.05) is 0 Å². The normalized spacial score (nSPS) is 14.9. The van der Waals surface area contributed by atoms with Crippen LogP contribution in [0.4, 0.5) is 0 Å². The third-order valence-electron chi connectivity index (χ3n) is 3.75. The van der Waals surface area contributed by atoms with Crippen LogP contribution in [0.1, 0.15) is 24.4 Å². The van der Waals surface area contributed by atoms with Crippen molar-refractivity contribution in [3.63, 3.8) is 0 Å². The average Bonchev–Trinajstić information content (AvgIpc) is 3.13. The highest BCUT2D eigenvalue weighted by Gasteiger charge is 2.20. The SMILES string of the molecule is O=c1oc2ccccc2n1Cc1ccc(CNC2CC2)o1. The first kappa shape index (κ1) is 12.5. The Morgan fingerprint density at radius 1 is 1.10 bits per heavy atom. The summed E-state index contributed by atoms with van der Waals surface area (Å²) in [6.07, 6.45) is 2.51. The van der Waals surface area contributed by atoms with E-state index < -0.39 is 0 Å². The summed E-state index contributed by atoms with van der Waals surface area (Å²) in [5.41, 5.74) is 1.39. The fraction of sp³-hybridized carbons (Fsp3) is 0.312. The molecule has 2 heterocycles. The Kier molecular flexibility index (Phi) is 2.93. The number of para-hydroxylation sites is 2. The lowest BCUT2D eigenvalue weighted by Gasteiger charge is -2.00. The molecule has 1 aromatic carbocycles. The van der Waals surface area contributed by atoms with Gasteiger partial charge in [-0.1, -0.05) is 12.1 Å². The number of hydrogen-bond donors (Lipinski definition) is 1. The largest absolute Gasteiger partial charge is 0.463 e. The first-order valence-electron chi connectivity index (χ1n) is 7.19. The molecule has 0 amide bonds. The molecule has 1 aliphatic rings. The Morgan fingerprint density at radius 3 is 2.76 bits per heavy atom. The van der Waals surface area contributed by atoms with Crippen LogP contribution in [0.25, 0.3) is 11.1 Å². The molecule has 5 nitrogen and oxygen atoms in total. The molecule has 0 unspecified atom stereocenters. The predicted octanol–water partition coefficient (Wildman–Crippen LogP) is 2.49. The van der Waals surface area contributed by atoms with Crippen molar-refractivity contribution in [1.29, 1.82) is 0 Å². The van der Waals surface area contributed by atoms with E-state index in [1.54, 1.807) is 10.6 Å². The van der Waals surface area contributed by atoms with Gasteiger partial charge in [0.2, 0.25) is 0 Å². The van der Waals surface area contributed by atoms with Crippen LogP contribution in [0.15, 0.2) is 50.0 Å². The van der Waals surface area contributed by atoms with Crippen LogP contribution >= 0.6 is 0 Å². The second kappa shape index (κ2) is 4.93. The van der Waals surface area contributed by atoms with E-state index in [9.17, 15) is 4.79 Å². The minimum Gasteiger partial charge on any atom is -0.463 e. The lowest BCUT2D eigenvalue weighted by atomic mass is 10.3. The van der Waals surface area contributed by atoms with Gasteiger partial charge in [-0.15, -0.1) is 0 Å².